The van der Waals surface area contributed by atoms with E-state index in [0.717, 1.165) is 12.0 Å². The van der Waals surface area contributed by atoms with Gasteiger partial charge in [-0.25, -0.2) is 18.3 Å². The third kappa shape index (κ3) is 4.89. The third-order valence-corrected chi connectivity index (χ3v) is 7.13. The number of hydrogen-bond donors (Lipinski definition) is 2. The van der Waals surface area contributed by atoms with Crippen molar-refractivity contribution in [2.75, 3.05) is 6.54 Å². The number of imidazole rings is 1. The van der Waals surface area contributed by atoms with E-state index in [4.69, 9.17) is 4.98 Å². The van der Waals surface area contributed by atoms with Crippen molar-refractivity contribution in [1.82, 2.24) is 35.0 Å². The van der Waals surface area contributed by atoms with Crippen molar-refractivity contribution in [2.45, 2.75) is 64.0 Å². The maximum atomic E-state index is 13.9. The number of rotatable bonds is 7. The molecule has 11 heteroatoms. The maximum Gasteiger partial charge on any atom is 0.270 e. The molecule has 2 amide bonds. The SMILES string of the molecule is CCn1nccc1C(=O)NC(c1cn2ncc(CC3CCNC3=O)cc2n1)C1CCC(F)(F)CC1. The molecule has 1 aliphatic carbocycles. The van der Waals surface area contributed by atoms with Gasteiger partial charge in [0.15, 0.2) is 5.65 Å². The van der Waals surface area contributed by atoms with Crippen molar-refractivity contribution in [3.05, 3.63) is 47.7 Å². The molecule has 3 aromatic heterocycles. The molecule has 2 aliphatic rings. The van der Waals surface area contributed by atoms with Gasteiger partial charge >= 0.3 is 0 Å². The molecule has 1 saturated carbocycles. The number of fused-ring (bicyclic) bond motifs is 1. The summed E-state index contributed by atoms with van der Waals surface area (Å²) < 4.78 is 31.0. The number of hydrogen-bond acceptors (Lipinski definition) is 5. The van der Waals surface area contributed by atoms with Gasteiger partial charge in [0, 0.05) is 38.0 Å². The lowest BCUT2D eigenvalue weighted by atomic mass is 9.81. The molecule has 186 valence electrons. The van der Waals surface area contributed by atoms with E-state index >= 15 is 0 Å². The van der Waals surface area contributed by atoms with E-state index < -0.39 is 12.0 Å². The molecule has 2 N–H and O–H groups in total. The van der Waals surface area contributed by atoms with Crippen LogP contribution in [0.25, 0.3) is 5.65 Å². The lowest BCUT2D eigenvalue weighted by Crippen LogP contribution is -2.38. The molecule has 1 saturated heterocycles. The summed E-state index contributed by atoms with van der Waals surface area (Å²) in [6.45, 7) is 3.12. The molecule has 0 bridgehead atoms. The summed E-state index contributed by atoms with van der Waals surface area (Å²) in [7, 11) is 0. The highest BCUT2D eigenvalue weighted by atomic mass is 19.3. The van der Waals surface area contributed by atoms with E-state index in [1.165, 1.54) is 0 Å². The molecule has 1 aliphatic heterocycles. The quantitative estimate of drug-likeness (QED) is 0.535. The van der Waals surface area contributed by atoms with Crippen LogP contribution in [0, 0.1) is 11.8 Å². The number of carbonyl (C=O) groups is 2. The molecule has 3 aromatic rings. The van der Waals surface area contributed by atoms with Gasteiger partial charge in [0.05, 0.1) is 24.1 Å². The zero-order valence-electron chi connectivity index (χ0n) is 19.6. The van der Waals surface area contributed by atoms with Crippen molar-refractivity contribution in [3.8, 4) is 0 Å². The topological polar surface area (TPSA) is 106 Å². The second-order valence-electron chi connectivity index (χ2n) is 9.49. The monoisotopic (exact) mass is 485 g/mol. The number of nitrogens with zero attached hydrogens (tertiary/aromatic N) is 5. The largest absolute Gasteiger partial charge is 0.356 e. The first-order chi connectivity index (χ1) is 16.8. The Bertz CT molecular complexity index is 1230. The minimum Gasteiger partial charge on any atom is -0.356 e. The fraction of sp³-hybridized carbons (Fsp3) is 0.542. The Kier molecular flexibility index (Phi) is 6.24. The Morgan fingerprint density at radius 2 is 2.09 bits per heavy atom. The average Bonchev–Trinajstić information content (AvgIpc) is 3.57. The third-order valence-electron chi connectivity index (χ3n) is 7.13. The standard InChI is InChI=1S/C24H29F2N7O2/c1-2-32-19(6-10-28-32)23(35)31-21(16-3-7-24(25,26)8-4-16)18-14-33-20(30-18)12-15(13-29-33)11-17-5-9-27-22(17)34/h6,10,12-14,16-17,21H,2-5,7-9,11H2,1H3,(H,27,34)(H,31,35). The Hall–Kier alpha value is -3.37. The lowest BCUT2D eigenvalue weighted by molar-refractivity contribution is -0.122. The number of alkyl halides is 2. The molecule has 0 spiro atoms. The van der Waals surface area contributed by atoms with E-state index in [1.54, 1.807) is 33.9 Å². The predicted molar refractivity (Wildman–Crippen MR) is 123 cm³/mol. The predicted octanol–water partition coefficient (Wildman–Crippen LogP) is 2.92. The minimum atomic E-state index is -2.67. The minimum absolute atomic E-state index is 0.0529. The van der Waals surface area contributed by atoms with E-state index in [9.17, 15) is 18.4 Å². The van der Waals surface area contributed by atoms with E-state index in [2.05, 4.69) is 20.8 Å². The molecule has 9 nitrogen and oxygen atoms in total. The van der Waals surface area contributed by atoms with Crippen molar-refractivity contribution in [1.29, 1.82) is 0 Å². The molecular formula is C24H29F2N7O2. The van der Waals surface area contributed by atoms with E-state index in [-0.39, 0.29) is 49.3 Å². The number of aromatic nitrogens is 5. The fourth-order valence-electron chi connectivity index (χ4n) is 5.14. The van der Waals surface area contributed by atoms with Crippen LogP contribution in [0.3, 0.4) is 0 Å². The first-order valence-electron chi connectivity index (χ1n) is 12.2. The average molecular weight is 486 g/mol. The lowest BCUT2D eigenvalue weighted by Gasteiger charge is -2.33. The van der Waals surface area contributed by atoms with E-state index in [0.29, 0.717) is 36.5 Å². The van der Waals surface area contributed by atoms with Crippen LogP contribution < -0.4 is 10.6 Å². The zero-order chi connectivity index (χ0) is 24.6. The number of carbonyl (C=O) groups excluding carboxylic acids is 2. The molecule has 2 unspecified atom stereocenters. The Balaban J connectivity index is 1.42. The summed E-state index contributed by atoms with van der Waals surface area (Å²) in [4.78, 5) is 29.8. The Morgan fingerprint density at radius 1 is 1.29 bits per heavy atom. The molecule has 0 radical (unpaired) electrons. The van der Waals surface area contributed by atoms with Crippen LogP contribution in [0.5, 0.6) is 0 Å². The summed E-state index contributed by atoms with van der Waals surface area (Å²) in [5.41, 5.74) is 2.49. The number of aryl methyl sites for hydroxylation is 1. The van der Waals surface area contributed by atoms with Crippen LogP contribution in [-0.4, -0.2) is 48.7 Å². The summed E-state index contributed by atoms with van der Waals surface area (Å²) >= 11 is 0. The van der Waals surface area contributed by atoms with Crippen molar-refractivity contribution in [2.24, 2.45) is 11.8 Å². The van der Waals surface area contributed by atoms with Crippen LogP contribution in [0.1, 0.15) is 66.8 Å². The Morgan fingerprint density at radius 3 is 2.80 bits per heavy atom. The van der Waals surface area contributed by atoms with Gasteiger partial charge in [0.25, 0.3) is 5.91 Å². The summed E-state index contributed by atoms with van der Waals surface area (Å²) in [6.07, 6.45) is 6.55. The Labute approximate surface area is 201 Å². The van der Waals surface area contributed by atoms with Gasteiger partial charge in [0.2, 0.25) is 11.8 Å². The highest BCUT2D eigenvalue weighted by Gasteiger charge is 2.39. The molecule has 2 atom stereocenters. The van der Waals surface area contributed by atoms with E-state index in [1.807, 2.05) is 13.0 Å². The highest BCUT2D eigenvalue weighted by Crippen LogP contribution is 2.41. The number of amides is 2. The van der Waals surface area contributed by atoms with Gasteiger partial charge in [-0.15, -0.1) is 0 Å². The van der Waals surface area contributed by atoms with Crippen LogP contribution in [0.15, 0.2) is 30.7 Å². The fourth-order valence-corrected chi connectivity index (χ4v) is 5.14. The molecule has 4 heterocycles. The van der Waals surface area contributed by atoms with Gasteiger partial charge in [-0.2, -0.15) is 10.2 Å². The second-order valence-corrected chi connectivity index (χ2v) is 9.49. The van der Waals surface area contributed by atoms with Gasteiger partial charge < -0.3 is 10.6 Å². The maximum absolute atomic E-state index is 13.9. The molecule has 0 aromatic carbocycles. The summed E-state index contributed by atoms with van der Waals surface area (Å²) in [5.74, 6) is -3.19. The van der Waals surface area contributed by atoms with Gasteiger partial charge in [0.1, 0.15) is 5.69 Å². The van der Waals surface area contributed by atoms with Crippen molar-refractivity contribution < 1.29 is 18.4 Å². The first kappa shape index (κ1) is 23.4. The van der Waals surface area contributed by atoms with Crippen LogP contribution in [-0.2, 0) is 17.8 Å². The zero-order valence-corrected chi connectivity index (χ0v) is 19.6. The van der Waals surface area contributed by atoms with Crippen LogP contribution >= 0.6 is 0 Å². The summed E-state index contributed by atoms with van der Waals surface area (Å²) in [5, 5.41) is 14.5. The number of nitrogens with one attached hydrogen (secondary N) is 2. The molecule has 2 fully saturated rings. The van der Waals surface area contributed by atoms with Crippen molar-refractivity contribution >= 4 is 17.5 Å². The molecule has 35 heavy (non-hydrogen) atoms. The molecular weight excluding hydrogens is 456 g/mol. The van der Waals surface area contributed by atoms with Crippen molar-refractivity contribution in [3.63, 3.8) is 0 Å². The second kappa shape index (κ2) is 9.35. The first-order valence-corrected chi connectivity index (χ1v) is 12.2. The smallest absolute Gasteiger partial charge is 0.270 e. The molecule has 5 rings (SSSR count). The van der Waals surface area contributed by atoms with Gasteiger partial charge in [-0.1, -0.05) is 0 Å². The summed E-state index contributed by atoms with van der Waals surface area (Å²) in [6, 6.07) is 2.99. The van der Waals surface area contributed by atoms with Crippen LogP contribution in [0.2, 0.25) is 0 Å². The van der Waals surface area contributed by atoms with Gasteiger partial charge in [-0.3, -0.25) is 14.3 Å². The highest BCUT2D eigenvalue weighted by molar-refractivity contribution is 5.92. The van der Waals surface area contributed by atoms with Crippen LogP contribution in [0.4, 0.5) is 8.78 Å². The number of halogens is 2. The normalized spacial score (nSPS) is 21.2. The van der Waals surface area contributed by atoms with Gasteiger partial charge in [-0.05, 0) is 56.2 Å².